The van der Waals surface area contributed by atoms with E-state index in [1.165, 1.54) is 27.2 Å². The number of nitrogens with zero attached hydrogens (tertiary/aromatic N) is 2. The first-order chi connectivity index (χ1) is 9.14. The van der Waals surface area contributed by atoms with Crippen LogP contribution < -0.4 is 5.32 Å². The molecule has 0 aliphatic carbocycles. The smallest absolute Gasteiger partial charge is 0.281 e. The van der Waals surface area contributed by atoms with Gasteiger partial charge in [-0.15, -0.1) is 0 Å². The monoisotopic (exact) mass is 339 g/mol. The summed E-state index contributed by atoms with van der Waals surface area (Å²) in [4.78, 5) is 11.8. The lowest BCUT2D eigenvalue weighted by Crippen LogP contribution is -2.41. The molecule has 0 bridgehead atoms. The van der Waals surface area contributed by atoms with Crippen LogP contribution in [0.2, 0.25) is 10.0 Å². The van der Waals surface area contributed by atoms with Gasteiger partial charge in [-0.1, -0.05) is 23.2 Å². The number of nitrogens with one attached hydrogen (secondary N) is 1. The van der Waals surface area contributed by atoms with E-state index in [-0.39, 0.29) is 11.6 Å². The molecule has 0 fully saturated rings. The summed E-state index contributed by atoms with van der Waals surface area (Å²) in [6.07, 6.45) is 0. The molecule has 1 aromatic carbocycles. The maximum absolute atomic E-state index is 11.8. The van der Waals surface area contributed by atoms with Gasteiger partial charge in [-0.3, -0.25) is 4.79 Å². The van der Waals surface area contributed by atoms with E-state index in [1.54, 1.807) is 12.1 Å². The number of amides is 1. The highest BCUT2D eigenvalue weighted by molar-refractivity contribution is 7.86. The van der Waals surface area contributed by atoms with Crippen LogP contribution in [0.25, 0.3) is 0 Å². The van der Waals surface area contributed by atoms with Crippen LogP contribution in [-0.2, 0) is 15.0 Å². The molecule has 0 radical (unpaired) electrons. The molecule has 112 valence electrons. The van der Waals surface area contributed by atoms with Crippen LogP contribution in [0.4, 0.5) is 5.69 Å². The molecule has 0 heterocycles. The highest BCUT2D eigenvalue weighted by atomic mass is 35.5. The van der Waals surface area contributed by atoms with Crippen molar-refractivity contribution in [3.63, 3.8) is 0 Å². The van der Waals surface area contributed by atoms with Gasteiger partial charge in [0.1, 0.15) is 0 Å². The van der Waals surface area contributed by atoms with Gasteiger partial charge in [0.2, 0.25) is 5.91 Å². The molecular weight excluding hydrogens is 325 g/mol. The standard InChI is InChI=1S/C11H15Cl2N3O3S/c1-15(2)20(18,19)16(3)7-11(17)14-10-5-4-8(12)6-9(10)13/h4-6H,7H2,1-3H3,(H,14,17). The lowest BCUT2D eigenvalue weighted by atomic mass is 10.3. The quantitative estimate of drug-likeness (QED) is 0.886. The molecule has 9 heteroatoms. The molecule has 0 aliphatic heterocycles. The first-order valence-corrected chi connectivity index (χ1v) is 7.68. The Morgan fingerprint density at radius 3 is 2.35 bits per heavy atom. The number of rotatable bonds is 5. The normalized spacial score (nSPS) is 11.9. The van der Waals surface area contributed by atoms with Gasteiger partial charge in [-0.25, -0.2) is 0 Å². The van der Waals surface area contributed by atoms with Gasteiger partial charge in [0, 0.05) is 26.2 Å². The Bertz CT molecular complexity index is 605. The largest absolute Gasteiger partial charge is 0.324 e. The van der Waals surface area contributed by atoms with Gasteiger partial charge in [0.05, 0.1) is 17.3 Å². The summed E-state index contributed by atoms with van der Waals surface area (Å²) in [7, 11) is 0.466. The summed E-state index contributed by atoms with van der Waals surface area (Å²) < 4.78 is 25.5. The number of carbonyl (C=O) groups is 1. The van der Waals surface area contributed by atoms with Gasteiger partial charge in [0.15, 0.2) is 0 Å². The molecule has 0 aromatic heterocycles. The average Bonchev–Trinajstić information content (AvgIpc) is 2.32. The maximum Gasteiger partial charge on any atom is 0.281 e. The SMILES string of the molecule is CN(C)S(=O)(=O)N(C)CC(=O)Nc1ccc(Cl)cc1Cl. The molecule has 0 spiro atoms. The van der Waals surface area contributed by atoms with E-state index in [9.17, 15) is 13.2 Å². The Morgan fingerprint density at radius 2 is 1.85 bits per heavy atom. The van der Waals surface area contributed by atoms with Crippen molar-refractivity contribution in [1.29, 1.82) is 0 Å². The molecule has 1 N–H and O–H groups in total. The Kier molecular flexibility index (Phi) is 5.79. The van der Waals surface area contributed by atoms with Gasteiger partial charge in [-0.05, 0) is 18.2 Å². The van der Waals surface area contributed by atoms with Gasteiger partial charge >= 0.3 is 0 Å². The fourth-order valence-corrected chi connectivity index (χ4v) is 2.64. The van der Waals surface area contributed by atoms with Crippen molar-refractivity contribution in [2.45, 2.75) is 0 Å². The van der Waals surface area contributed by atoms with E-state index >= 15 is 0 Å². The third kappa shape index (κ3) is 4.32. The minimum absolute atomic E-state index is 0.281. The second kappa shape index (κ2) is 6.73. The van der Waals surface area contributed by atoms with Crippen LogP contribution >= 0.6 is 23.2 Å². The number of hydrogen-bond donors (Lipinski definition) is 1. The minimum atomic E-state index is -3.63. The lowest BCUT2D eigenvalue weighted by Gasteiger charge is -2.20. The number of hydrogen-bond acceptors (Lipinski definition) is 3. The van der Waals surface area contributed by atoms with Crippen molar-refractivity contribution in [1.82, 2.24) is 8.61 Å². The van der Waals surface area contributed by atoms with Crippen LogP contribution in [0.3, 0.4) is 0 Å². The van der Waals surface area contributed by atoms with Gasteiger partial charge in [-0.2, -0.15) is 17.0 Å². The van der Waals surface area contributed by atoms with Crippen molar-refractivity contribution in [2.24, 2.45) is 0 Å². The Hall–Kier alpha value is -0.860. The first-order valence-electron chi connectivity index (χ1n) is 5.53. The molecule has 0 saturated carbocycles. The molecule has 0 unspecified atom stereocenters. The molecule has 20 heavy (non-hydrogen) atoms. The van der Waals surface area contributed by atoms with Crippen LogP contribution in [0.15, 0.2) is 18.2 Å². The zero-order valence-corrected chi connectivity index (χ0v) is 13.6. The molecule has 1 aromatic rings. The Balaban J connectivity index is 2.74. The van der Waals surface area contributed by atoms with Crippen LogP contribution in [-0.4, -0.2) is 50.6 Å². The van der Waals surface area contributed by atoms with Crippen molar-refractivity contribution < 1.29 is 13.2 Å². The van der Waals surface area contributed by atoms with E-state index in [0.29, 0.717) is 10.7 Å². The topological polar surface area (TPSA) is 69.7 Å². The molecule has 1 amide bonds. The van der Waals surface area contributed by atoms with E-state index in [2.05, 4.69) is 5.32 Å². The third-order valence-electron chi connectivity index (χ3n) is 2.43. The lowest BCUT2D eigenvalue weighted by molar-refractivity contribution is -0.116. The van der Waals surface area contributed by atoms with Crippen molar-refractivity contribution in [2.75, 3.05) is 33.0 Å². The summed E-state index contributed by atoms with van der Waals surface area (Å²) in [5.74, 6) is -0.498. The van der Waals surface area contributed by atoms with E-state index in [4.69, 9.17) is 23.2 Å². The van der Waals surface area contributed by atoms with Gasteiger partial charge < -0.3 is 5.32 Å². The molecule has 1 rings (SSSR count). The summed E-state index contributed by atoms with van der Waals surface area (Å²) in [5, 5.41) is 3.25. The van der Waals surface area contributed by atoms with E-state index < -0.39 is 16.1 Å². The molecule has 0 aliphatic rings. The number of likely N-dealkylation sites (N-methyl/N-ethyl adjacent to an activating group) is 1. The van der Waals surface area contributed by atoms with E-state index in [1.807, 2.05) is 0 Å². The predicted molar refractivity (Wildman–Crippen MR) is 80.3 cm³/mol. The van der Waals surface area contributed by atoms with Crippen LogP contribution in [0.1, 0.15) is 0 Å². The summed E-state index contributed by atoms with van der Waals surface area (Å²) in [5.41, 5.74) is 0.372. The zero-order valence-electron chi connectivity index (χ0n) is 11.2. The zero-order chi connectivity index (χ0) is 15.5. The fourth-order valence-electron chi connectivity index (χ4n) is 1.34. The number of anilines is 1. The Labute approximate surface area is 128 Å². The summed E-state index contributed by atoms with van der Waals surface area (Å²) in [6.45, 7) is -0.320. The third-order valence-corrected chi connectivity index (χ3v) is 4.81. The number of halogens is 2. The second-order valence-electron chi connectivity index (χ2n) is 4.22. The first kappa shape index (κ1) is 17.2. The highest BCUT2D eigenvalue weighted by Crippen LogP contribution is 2.25. The van der Waals surface area contributed by atoms with Crippen LogP contribution in [0.5, 0.6) is 0 Å². The fraction of sp³-hybridized carbons (Fsp3) is 0.364. The highest BCUT2D eigenvalue weighted by Gasteiger charge is 2.22. The number of benzene rings is 1. The molecular formula is C11H15Cl2N3O3S. The Morgan fingerprint density at radius 1 is 1.25 bits per heavy atom. The molecule has 6 nitrogen and oxygen atoms in total. The molecule has 0 saturated heterocycles. The van der Waals surface area contributed by atoms with Crippen LogP contribution in [0, 0.1) is 0 Å². The van der Waals surface area contributed by atoms with Crippen molar-refractivity contribution in [3.8, 4) is 0 Å². The average molecular weight is 340 g/mol. The van der Waals surface area contributed by atoms with Crippen molar-refractivity contribution in [3.05, 3.63) is 28.2 Å². The van der Waals surface area contributed by atoms with Gasteiger partial charge in [0.25, 0.3) is 10.2 Å². The maximum atomic E-state index is 11.8. The summed E-state index contributed by atoms with van der Waals surface area (Å²) >= 11 is 11.7. The van der Waals surface area contributed by atoms with Crippen molar-refractivity contribution >= 4 is 45.0 Å². The number of carbonyl (C=O) groups excluding carboxylic acids is 1. The van der Waals surface area contributed by atoms with E-state index in [0.717, 1.165) is 8.61 Å². The second-order valence-corrected chi connectivity index (χ2v) is 7.31. The predicted octanol–water partition coefficient (Wildman–Crippen LogP) is 1.67. The summed E-state index contributed by atoms with van der Waals surface area (Å²) in [6, 6.07) is 4.60. The molecule has 0 atom stereocenters. The minimum Gasteiger partial charge on any atom is -0.324 e.